The molecule has 1 amide bonds. The summed E-state index contributed by atoms with van der Waals surface area (Å²) in [5, 5.41) is 2.96. The number of carbonyl (C=O) groups is 1. The Bertz CT molecular complexity index is 1240. The molecule has 7 heteroatoms. The van der Waals surface area contributed by atoms with Gasteiger partial charge in [-0.1, -0.05) is 23.5 Å². The number of rotatable bonds is 6. The van der Waals surface area contributed by atoms with Crippen molar-refractivity contribution in [3.8, 4) is 17.0 Å². The van der Waals surface area contributed by atoms with Crippen LogP contribution in [0.4, 0.5) is 4.39 Å². The van der Waals surface area contributed by atoms with Crippen LogP contribution in [0.3, 0.4) is 0 Å². The number of aromatic nitrogens is 2. The molecule has 0 spiro atoms. The second kappa shape index (κ2) is 8.51. The highest BCUT2D eigenvalue weighted by Crippen LogP contribution is 2.27. The van der Waals surface area contributed by atoms with Crippen molar-refractivity contribution in [2.45, 2.75) is 40.3 Å². The van der Waals surface area contributed by atoms with Crippen molar-refractivity contribution >= 4 is 22.2 Å². The Morgan fingerprint density at radius 1 is 1.19 bits per heavy atom. The highest BCUT2D eigenvalue weighted by molar-refractivity contribution is 7.17. The first kappa shape index (κ1) is 21.1. The topological polar surface area (TPSA) is 55.6 Å². The van der Waals surface area contributed by atoms with Gasteiger partial charge in [0.05, 0.1) is 12.2 Å². The van der Waals surface area contributed by atoms with Gasteiger partial charge in [0.2, 0.25) is 0 Å². The van der Waals surface area contributed by atoms with E-state index in [9.17, 15) is 9.18 Å². The first-order valence-electron chi connectivity index (χ1n) is 10.1. The molecule has 31 heavy (non-hydrogen) atoms. The normalized spacial score (nSPS) is 12.2. The van der Waals surface area contributed by atoms with Crippen LogP contribution in [0.2, 0.25) is 0 Å². The van der Waals surface area contributed by atoms with Crippen molar-refractivity contribution in [1.82, 2.24) is 14.7 Å². The number of ether oxygens (including phenoxy) is 1. The quantitative estimate of drug-likeness (QED) is 0.450. The second-order valence-corrected chi connectivity index (χ2v) is 8.71. The van der Waals surface area contributed by atoms with Gasteiger partial charge in [0.15, 0.2) is 11.1 Å². The molecular weight excluding hydrogens is 413 g/mol. The Kier molecular flexibility index (Phi) is 5.78. The lowest BCUT2D eigenvalue weighted by Gasteiger charge is -2.16. The maximum atomic E-state index is 13.2. The van der Waals surface area contributed by atoms with Crippen LogP contribution in [0, 0.1) is 26.6 Å². The number of halogens is 1. The molecule has 4 aromatic rings. The number of carbonyl (C=O) groups excluding carboxylic acids is 1. The summed E-state index contributed by atoms with van der Waals surface area (Å²) in [6.45, 7) is 8.11. The summed E-state index contributed by atoms with van der Waals surface area (Å²) in [4.78, 5) is 19.1. The second-order valence-electron chi connectivity index (χ2n) is 7.64. The maximum absolute atomic E-state index is 13.2. The van der Waals surface area contributed by atoms with E-state index in [0.717, 1.165) is 43.7 Å². The van der Waals surface area contributed by atoms with Crippen molar-refractivity contribution < 1.29 is 13.9 Å². The number of amides is 1. The van der Waals surface area contributed by atoms with Gasteiger partial charge in [-0.15, -0.1) is 0 Å². The minimum absolute atomic E-state index is 0.168. The van der Waals surface area contributed by atoms with Crippen LogP contribution >= 0.6 is 11.3 Å². The summed E-state index contributed by atoms with van der Waals surface area (Å²) in [5.74, 6) is 0.287. The largest absolute Gasteiger partial charge is 0.481 e. The monoisotopic (exact) mass is 437 g/mol. The highest BCUT2D eigenvalue weighted by atomic mass is 32.1. The van der Waals surface area contributed by atoms with E-state index in [0.29, 0.717) is 6.54 Å². The summed E-state index contributed by atoms with van der Waals surface area (Å²) >= 11 is 1.53. The van der Waals surface area contributed by atoms with Gasteiger partial charge in [-0.3, -0.25) is 9.20 Å². The van der Waals surface area contributed by atoms with Gasteiger partial charge in [-0.05, 0) is 69.2 Å². The van der Waals surface area contributed by atoms with Gasteiger partial charge in [0.25, 0.3) is 5.91 Å². The number of imidazole rings is 1. The van der Waals surface area contributed by atoms with E-state index in [2.05, 4.69) is 10.3 Å². The van der Waals surface area contributed by atoms with E-state index in [1.807, 2.05) is 49.6 Å². The number of nitrogens with zero attached hydrogens (tertiary/aromatic N) is 2. The van der Waals surface area contributed by atoms with Gasteiger partial charge < -0.3 is 10.1 Å². The fraction of sp³-hybridized carbons (Fsp3) is 0.250. The van der Waals surface area contributed by atoms with Gasteiger partial charge in [0, 0.05) is 22.3 Å². The van der Waals surface area contributed by atoms with Crippen LogP contribution in [0.15, 0.2) is 48.7 Å². The summed E-state index contributed by atoms with van der Waals surface area (Å²) in [5.41, 5.74) is 4.76. The Morgan fingerprint density at radius 3 is 2.65 bits per heavy atom. The molecule has 0 aliphatic heterocycles. The highest BCUT2D eigenvalue weighted by Gasteiger charge is 2.18. The maximum Gasteiger partial charge on any atom is 0.261 e. The molecule has 2 heterocycles. The van der Waals surface area contributed by atoms with Crippen LogP contribution in [-0.4, -0.2) is 21.4 Å². The van der Waals surface area contributed by atoms with Gasteiger partial charge in [-0.25, -0.2) is 9.37 Å². The van der Waals surface area contributed by atoms with E-state index in [1.165, 1.54) is 23.5 Å². The smallest absolute Gasteiger partial charge is 0.261 e. The molecule has 0 saturated carbocycles. The lowest BCUT2D eigenvalue weighted by molar-refractivity contribution is -0.127. The summed E-state index contributed by atoms with van der Waals surface area (Å²) in [6.07, 6.45) is 1.33. The molecule has 5 nitrogen and oxygen atoms in total. The molecule has 2 aromatic carbocycles. The zero-order valence-corrected chi connectivity index (χ0v) is 18.7. The average Bonchev–Trinajstić information content (AvgIpc) is 3.28. The van der Waals surface area contributed by atoms with Crippen LogP contribution < -0.4 is 10.1 Å². The predicted molar refractivity (Wildman–Crippen MR) is 121 cm³/mol. The van der Waals surface area contributed by atoms with E-state index < -0.39 is 6.10 Å². The molecule has 160 valence electrons. The third-order valence-electron chi connectivity index (χ3n) is 5.23. The van der Waals surface area contributed by atoms with E-state index in [4.69, 9.17) is 4.74 Å². The van der Waals surface area contributed by atoms with Crippen molar-refractivity contribution in [1.29, 1.82) is 0 Å². The Hall–Kier alpha value is -3.19. The number of fused-ring (bicyclic) bond motifs is 1. The van der Waals surface area contributed by atoms with E-state index in [-0.39, 0.29) is 11.7 Å². The number of hydrogen-bond donors (Lipinski definition) is 1. The third kappa shape index (κ3) is 4.46. The van der Waals surface area contributed by atoms with Crippen LogP contribution in [0.1, 0.15) is 28.6 Å². The molecule has 0 aliphatic carbocycles. The van der Waals surface area contributed by atoms with Gasteiger partial charge in [0.1, 0.15) is 11.6 Å². The van der Waals surface area contributed by atoms with Gasteiger partial charge >= 0.3 is 0 Å². The first-order chi connectivity index (χ1) is 14.8. The Morgan fingerprint density at radius 2 is 1.94 bits per heavy atom. The minimum Gasteiger partial charge on any atom is -0.481 e. The minimum atomic E-state index is -0.602. The molecule has 0 saturated heterocycles. The van der Waals surface area contributed by atoms with Crippen molar-refractivity contribution in [2.75, 3.05) is 0 Å². The summed E-state index contributed by atoms with van der Waals surface area (Å²) < 4.78 is 21.0. The average molecular weight is 438 g/mol. The number of thiazole rings is 1. The third-order valence-corrected chi connectivity index (χ3v) is 6.39. The van der Waals surface area contributed by atoms with Crippen molar-refractivity contribution in [2.24, 2.45) is 0 Å². The zero-order valence-electron chi connectivity index (χ0n) is 17.9. The molecule has 1 unspecified atom stereocenters. The lowest BCUT2D eigenvalue weighted by Crippen LogP contribution is -2.36. The van der Waals surface area contributed by atoms with Crippen LogP contribution in [0.25, 0.3) is 16.2 Å². The summed E-state index contributed by atoms with van der Waals surface area (Å²) in [6, 6.07) is 12.2. The molecule has 2 aromatic heterocycles. The van der Waals surface area contributed by atoms with Crippen molar-refractivity contribution in [3.63, 3.8) is 0 Å². The zero-order chi connectivity index (χ0) is 22.1. The molecule has 0 radical (unpaired) electrons. The molecule has 0 aliphatic rings. The number of benzene rings is 2. The number of hydrogen-bond acceptors (Lipinski definition) is 4. The lowest BCUT2D eigenvalue weighted by atomic mass is 10.1. The summed E-state index contributed by atoms with van der Waals surface area (Å²) in [7, 11) is 0. The SMILES string of the molecule is Cc1ccc(C)c(OC(C)C(=O)NCc2sc3nc(-c4ccc(F)cc4)cn3c2C)c1. The Labute approximate surface area is 184 Å². The fourth-order valence-electron chi connectivity index (χ4n) is 3.31. The van der Waals surface area contributed by atoms with E-state index in [1.54, 1.807) is 19.1 Å². The molecule has 0 bridgehead atoms. The van der Waals surface area contributed by atoms with Gasteiger partial charge in [-0.2, -0.15) is 0 Å². The Balaban J connectivity index is 1.43. The number of aryl methyl sites for hydroxylation is 3. The molecule has 1 atom stereocenters. The first-order valence-corrected chi connectivity index (χ1v) is 10.9. The molecule has 0 fully saturated rings. The van der Waals surface area contributed by atoms with Crippen LogP contribution in [-0.2, 0) is 11.3 Å². The molecular formula is C24H24FN3O2S. The standard InChI is InChI=1S/C24H24FN3O2S/c1-14-5-6-15(2)21(11-14)30-17(4)23(29)26-12-22-16(3)28-13-20(27-24(28)31-22)18-7-9-19(25)10-8-18/h5-11,13,17H,12H2,1-4H3,(H,26,29). The predicted octanol–water partition coefficient (Wildman–Crippen LogP) is 5.21. The van der Waals surface area contributed by atoms with Crippen molar-refractivity contribution in [3.05, 3.63) is 76.2 Å². The molecule has 1 N–H and O–H groups in total. The van der Waals surface area contributed by atoms with Crippen LogP contribution in [0.5, 0.6) is 5.75 Å². The van der Waals surface area contributed by atoms with E-state index >= 15 is 0 Å². The number of nitrogens with one attached hydrogen (secondary N) is 1. The fourth-order valence-corrected chi connectivity index (χ4v) is 4.35. The molecule has 4 rings (SSSR count).